The Morgan fingerprint density at radius 1 is 1.34 bits per heavy atom. The molecule has 2 aliphatic heterocycles. The molecule has 2 fully saturated rings. The van der Waals surface area contributed by atoms with Crippen LogP contribution in [0.25, 0.3) is 0 Å². The molecule has 1 aromatic heterocycles. The van der Waals surface area contributed by atoms with Gasteiger partial charge in [-0.2, -0.15) is 0 Å². The fraction of sp³-hybridized carbons (Fsp3) is 0.500. The Labute approximate surface area is 195 Å². The summed E-state index contributed by atoms with van der Waals surface area (Å²) < 4.78 is 47.3. The fourth-order valence-corrected chi connectivity index (χ4v) is 6.77. The van der Waals surface area contributed by atoms with E-state index < -0.39 is 26.7 Å². The van der Waals surface area contributed by atoms with Crippen molar-refractivity contribution < 1.29 is 22.3 Å². The number of carbonyl (C=O) groups is 1. The number of nitrogens with one attached hydrogen (secondary N) is 2. The van der Waals surface area contributed by atoms with Gasteiger partial charge in [-0.3, -0.25) is 9.62 Å². The Balaban J connectivity index is 1.49. The summed E-state index contributed by atoms with van der Waals surface area (Å²) >= 11 is 7.11. The zero-order valence-corrected chi connectivity index (χ0v) is 19.9. The van der Waals surface area contributed by atoms with Gasteiger partial charge in [0.05, 0.1) is 23.5 Å². The van der Waals surface area contributed by atoms with Crippen LogP contribution in [0, 0.1) is 5.82 Å². The van der Waals surface area contributed by atoms with Crippen LogP contribution in [-0.2, 0) is 14.8 Å². The van der Waals surface area contributed by atoms with Crippen LogP contribution in [0.3, 0.4) is 0 Å². The van der Waals surface area contributed by atoms with Crippen molar-refractivity contribution in [2.45, 2.75) is 43.0 Å². The third kappa shape index (κ3) is 4.57. The van der Waals surface area contributed by atoms with Gasteiger partial charge in [0.25, 0.3) is 10.0 Å². The zero-order chi connectivity index (χ0) is 22.9. The lowest BCUT2D eigenvalue weighted by molar-refractivity contribution is 0.0532. The Morgan fingerprint density at radius 3 is 2.75 bits per heavy atom. The number of rotatable bonds is 8. The maximum absolute atomic E-state index is 14.8. The molecule has 4 rings (SSSR count). The number of ether oxygens (including phenoxy) is 1. The van der Waals surface area contributed by atoms with Gasteiger partial charge >= 0.3 is 5.97 Å². The van der Waals surface area contributed by atoms with E-state index in [1.165, 1.54) is 6.20 Å². The standard InChI is InChI=1S/C20H24ClFN4O4S2/c1-2-30-18(27)16-11-23-19(31-16)25-32(28,29)17-9-13(21)15(10-14(17)22)24-12-20-5-3-7-26(20)8-4-6-20/h9-11,24H,2-8,12H2,1H3,(H,23,25). The first-order valence-corrected chi connectivity index (χ1v) is 13.1. The monoisotopic (exact) mass is 502 g/mol. The molecule has 1 aromatic carbocycles. The van der Waals surface area contributed by atoms with Gasteiger partial charge in [0.1, 0.15) is 15.6 Å². The number of benzene rings is 1. The van der Waals surface area contributed by atoms with E-state index in [1.807, 2.05) is 0 Å². The summed E-state index contributed by atoms with van der Waals surface area (Å²) in [6, 6.07) is 2.19. The van der Waals surface area contributed by atoms with Crippen LogP contribution in [0.5, 0.6) is 0 Å². The summed E-state index contributed by atoms with van der Waals surface area (Å²) in [4.78, 5) is 17.6. The van der Waals surface area contributed by atoms with E-state index in [1.54, 1.807) is 6.92 Å². The average Bonchev–Trinajstić information content (AvgIpc) is 3.44. The molecule has 2 saturated heterocycles. The third-order valence-electron chi connectivity index (χ3n) is 5.93. The molecule has 0 unspecified atom stereocenters. The van der Waals surface area contributed by atoms with Gasteiger partial charge in [-0.05, 0) is 57.8 Å². The van der Waals surface area contributed by atoms with Gasteiger partial charge in [-0.15, -0.1) is 0 Å². The second kappa shape index (κ2) is 9.12. The maximum atomic E-state index is 14.8. The number of fused-ring (bicyclic) bond motifs is 1. The highest BCUT2D eigenvalue weighted by molar-refractivity contribution is 7.93. The normalized spacial score (nSPS) is 17.8. The third-order valence-corrected chi connectivity index (χ3v) is 8.62. The van der Waals surface area contributed by atoms with E-state index in [9.17, 15) is 17.6 Å². The van der Waals surface area contributed by atoms with Crippen molar-refractivity contribution in [1.82, 2.24) is 9.88 Å². The molecule has 2 aromatic rings. The van der Waals surface area contributed by atoms with Crippen LogP contribution >= 0.6 is 22.9 Å². The predicted molar refractivity (Wildman–Crippen MR) is 122 cm³/mol. The first kappa shape index (κ1) is 23.2. The molecule has 0 radical (unpaired) electrons. The Morgan fingerprint density at radius 2 is 2.06 bits per heavy atom. The van der Waals surface area contributed by atoms with Crippen molar-refractivity contribution in [3.63, 3.8) is 0 Å². The number of hydrogen-bond acceptors (Lipinski definition) is 8. The molecule has 2 N–H and O–H groups in total. The minimum Gasteiger partial charge on any atom is -0.462 e. The lowest BCUT2D eigenvalue weighted by Gasteiger charge is -2.32. The maximum Gasteiger partial charge on any atom is 0.350 e. The largest absolute Gasteiger partial charge is 0.462 e. The summed E-state index contributed by atoms with van der Waals surface area (Å²) in [6.45, 7) is 4.61. The molecule has 2 aliphatic rings. The van der Waals surface area contributed by atoms with E-state index >= 15 is 0 Å². The van der Waals surface area contributed by atoms with Crippen molar-refractivity contribution in [2.75, 3.05) is 36.3 Å². The second-order valence-electron chi connectivity index (χ2n) is 7.89. The highest BCUT2D eigenvalue weighted by Crippen LogP contribution is 2.39. The molecule has 174 valence electrons. The van der Waals surface area contributed by atoms with Gasteiger partial charge in [0.15, 0.2) is 5.13 Å². The molecular formula is C20H24ClFN4O4S2. The van der Waals surface area contributed by atoms with Gasteiger partial charge in [0.2, 0.25) is 0 Å². The topological polar surface area (TPSA) is 101 Å². The minimum atomic E-state index is -4.30. The highest BCUT2D eigenvalue weighted by atomic mass is 35.5. The molecule has 0 atom stereocenters. The van der Waals surface area contributed by atoms with Crippen molar-refractivity contribution in [3.05, 3.63) is 34.0 Å². The van der Waals surface area contributed by atoms with Crippen LogP contribution in [0.1, 0.15) is 42.3 Å². The molecule has 12 heteroatoms. The summed E-state index contributed by atoms with van der Waals surface area (Å²) in [5, 5.41) is 3.26. The summed E-state index contributed by atoms with van der Waals surface area (Å²) in [7, 11) is -4.30. The van der Waals surface area contributed by atoms with Gasteiger partial charge < -0.3 is 10.1 Å². The van der Waals surface area contributed by atoms with Gasteiger partial charge in [-0.25, -0.2) is 22.6 Å². The number of anilines is 2. The number of thiazole rings is 1. The molecule has 3 heterocycles. The van der Waals surface area contributed by atoms with Crippen molar-refractivity contribution in [1.29, 1.82) is 0 Å². The summed E-state index contributed by atoms with van der Waals surface area (Å²) in [5.41, 5.74) is 0.420. The Hall–Kier alpha value is -1.95. The van der Waals surface area contributed by atoms with Crippen molar-refractivity contribution >= 4 is 49.7 Å². The number of carbonyl (C=O) groups excluding carboxylic acids is 1. The quantitative estimate of drug-likeness (QED) is 0.527. The molecule has 0 spiro atoms. The van der Waals surface area contributed by atoms with Crippen LogP contribution in [0.2, 0.25) is 5.02 Å². The van der Waals surface area contributed by atoms with E-state index in [-0.39, 0.29) is 27.2 Å². The molecule has 0 amide bonds. The first-order valence-electron chi connectivity index (χ1n) is 10.4. The van der Waals surface area contributed by atoms with E-state index in [0.29, 0.717) is 12.2 Å². The number of aromatic nitrogens is 1. The number of halogens is 2. The van der Waals surface area contributed by atoms with Crippen LogP contribution in [-0.4, -0.2) is 56.1 Å². The Kier molecular flexibility index (Phi) is 6.62. The first-order chi connectivity index (χ1) is 15.2. The lowest BCUT2D eigenvalue weighted by atomic mass is 9.94. The van der Waals surface area contributed by atoms with E-state index in [2.05, 4.69) is 19.9 Å². The molecule has 8 nitrogen and oxygen atoms in total. The Bertz CT molecular complexity index is 1110. The van der Waals surface area contributed by atoms with Crippen LogP contribution in [0.15, 0.2) is 23.2 Å². The lowest BCUT2D eigenvalue weighted by Crippen LogP contribution is -2.44. The van der Waals surface area contributed by atoms with Crippen LogP contribution < -0.4 is 10.0 Å². The SMILES string of the molecule is CCOC(=O)c1cnc(NS(=O)(=O)c2cc(Cl)c(NCC34CCCN3CCC4)cc2F)s1. The number of nitrogens with zero attached hydrogens (tertiary/aromatic N) is 2. The highest BCUT2D eigenvalue weighted by Gasteiger charge is 2.43. The number of esters is 1. The molecule has 0 aliphatic carbocycles. The van der Waals surface area contributed by atoms with Crippen molar-refractivity contribution in [3.8, 4) is 0 Å². The average molecular weight is 503 g/mol. The van der Waals surface area contributed by atoms with Gasteiger partial charge in [-0.1, -0.05) is 22.9 Å². The van der Waals surface area contributed by atoms with E-state index in [0.717, 1.165) is 62.2 Å². The minimum absolute atomic E-state index is 0.0631. The fourth-order valence-electron chi connectivity index (χ4n) is 4.43. The summed E-state index contributed by atoms with van der Waals surface area (Å²) in [5.74, 6) is -1.54. The smallest absolute Gasteiger partial charge is 0.350 e. The predicted octanol–water partition coefficient (Wildman–Crippen LogP) is 3.95. The number of hydrogen-bond donors (Lipinski definition) is 2. The van der Waals surface area contributed by atoms with E-state index in [4.69, 9.17) is 16.3 Å². The second-order valence-corrected chi connectivity index (χ2v) is 11.0. The zero-order valence-electron chi connectivity index (χ0n) is 17.5. The van der Waals surface area contributed by atoms with Crippen molar-refractivity contribution in [2.24, 2.45) is 0 Å². The van der Waals surface area contributed by atoms with Crippen LogP contribution in [0.4, 0.5) is 15.2 Å². The molecular weight excluding hydrogens is 479 g/mol. The molecule has 0 bridgehead atoms. The summed E-state index contributed by atoms with van der Waals surface area (Å²) in [6.07, 6.45) is 5.64. The number of sulfonamides is 1. The molecule has 0 saturated carbocycles. The van der Waals surface area contributed by atoms with Gasteiger partial charge in [0, 0.05) is 12.1 Å². The molecule has 32 heavy (non-hydrogen) atoms.